The van der Waals surface area contributed by atoms with Gasteiger partial charge in [0.15, 0.2) is 0 Å². The third-order valence-electron chi connectivity index (χ3n) is 8.79. The Labute approximate surface area is 272 Å². The minimum Gasteiger partial charge on any atom is -0.347 e. The summed E-state index contributed by atoms with van der Waals surface area (Å²) in [6.45, 7) is 8.19. The van der Waals surface area contributed by atoms with E-state index in [2.05, 4.69) is 13.8 Å². The Morgan fingerprint density at radius 1 is 0.395 bits per heavy atom. The third-order valence-corrected chi connectivity index (χ3v) is 10.7. The number of hydrogen-bond donors (Lipinski definition) is 1. The monoisotopic (exact) mass is 629 g/mol. The van der Waals surface area contributed by atoms with E-state index >= 15 is 0 Å². The molecule has 5 heteroatoms. The molecule has 258 valence electrons. The Kier molecular flexibility index (Phi) is 33.6. The van der Waals surface area contributed by atoms with Crippen molar-refractivity contribution in [1.29, 1.82) is 0 Å². The molecule has 0 bridgehead atoms. The predicted octanol–water partition coefficient (Wildman–Crippen LogP) is 13.4. The van der Waals surface area contributed by atoms with Crippen molar-refractivity contribution in [3.8, 4) is 0 Å². The number of thiol groups is 1. The highest BCUT2D eigenvalue weighted by molar-refractivity contribution is 8.09. The molecule has 0 saturated carbocycles. The van der Waals surface area contributed by atoms with E-state index in [0.717, 1.165) is 25.7 Å². The molecule has 0 rings (SSSR count). The van der Waals surface area contributed by atoms with Crippen LogP contribution in [0.5, 0.6) is 0 Å². The quantitative estimate of drug-likeness (QED) is 0.0569. The van der Waals surface area contributed by atoms with Crippen LogP contribution in [0.1, 0.15) is 227 Å². The second-order valence-electron chi connectivity index (χ2n) is 13.0. The van der Waals surface area contributed by atoms with E-state index < -0.39 is 11.5 Å². The van der Waals surface area contributed by atoms with Crippen LogP contribution in [-0.4, -0.2) is 17.2 Å². The fourth-order valence-corrected chi connectivity index (χ4v) is 7.61. The summed E-state index contributed by atoms with van der Waals surface area (Å²) < 4.78 is 11.5. The van der Waals surface area contributed by atoms with Gasteiger partial charge >= 0.3 is 11.9 Å². The van der Waals surface area contributed by atoms with Crippen molar-refractivity contribution >= 4 is 23.4 Å². The first-order valence-electron chi connectivity index (χ1n) is 19.3. The molecule has 0 spiro atoms. The minimum absolute atomic E-state index is 0.172. The van der Waals surface area contributed by atoms with Crippen molar-refractivity contribution < 1.29 is 18.0 Å². The van der Waals surface area contributed by atoms with Crippen LogP contribution in [0.25, 0.3) is 0 Å². The minimum atomic E-state index is -1.50. The number of hydrogen-bond acceptors (Lipinski definition) is 4. The molecule has 0 fully saturated rings. The van der Waals surface area contributed by atoms with E-state index in [1.807, 2.05) is 13.8 Å². The molecular weight excluding hydrogens is 552 g/mol. The zero-order chi connectivity index (χ0) is 31.6. The van der Waals surface area contributed by atoms with Crippen molar-refractivity contribution in [1.82, 2.24) is 0 Å². The SMILES string of the molecule is CCCCCCCCCCCCCCCCCC(CCCCCCCCCCCCCC)[SH](OC(=O)CC)OC(=O)CC. The van der Waals surface area contributed by atoms with Gasteiger partial charge < -0.3 is 8.37 Å². The Morgan fingerprint density at radius 2 is 0.628 bits per heavy atom. The van der Waals surface area contributed by atoms with E-state index in [4.69, 9.17) is 8.37 Å². The van der Waals surface area contributed by atoms with Gasteiger partial charge in [-0.05, 0) is 12.8 Å². The Balaban J connectivity index is 4.27. The maximum absolute atomic E-state index is 12.2. The van der Waals surface area contributed by atoms with Gasteiger partial charge in [0, 0.05) is 12.8 Å². The van der Waals surface area contributed by atoms with Gasteiger partial charge in [-0.15, -0.1) is 11.5 Å². The van der Waals surface area contributed by atoms with Gasteiger partial charge in [-0.1, -0.05) is 201 Å². The molecule has 0 aliphatic carbocycles. The number of carbonyl (C=O) groups excluding carboxylic acids is 2. The van der Waals surface area contributed by atoms with E-state index in [1.54, 1.807) is 0 Å². The van der Waals surface area contributed by atoms with Crippen LogP contribution in [0.15, 0.2) is 0 Å². The van der Waals surface area contributed by atoms with Crippen LogP contribution in [0, 0.1) is 0 Å². The van der Waals surface area contributed by atoms with Crippen LogP contribution in [0.4, 0.5) is 0 Å². The summed E-state index contributed by atoms with van der Waals surface area (Å²) in [4.78, 5) is 24.4. The van der Waals surface area contributed by atoms with Crippen molar-refractivity contribution in [2.24, 2.45) is 0 Å². The fraction of sp³-hybridized carbons (Fsp3) is 0.947. The highest BCUT2D eigenvalue weighted by Gasteiger charge is 2.22. The second-order valence-corrected chi connectivity index (χ2v) is 14.7. The second kappa shape index (κ2) is 34.2. The lowest BCUT2D eigenvalue weighted by molar-refractivity contribution is -0.136. The van der Waals surface area contributed by atoms with Crippen molar-refractivity contribution in [2.75, 3.05) is 0 Å². The highest BCUT2D eigenvalue weighted by Crippen LogP contribution is 2.41. The largest absolute Gasteiger partial charge is 0.347 e. The molecule has 0 amide bonds. The van der Waals surface area contributed by atoms with Crippen molar-refractivity contribution in [3.05, 3.63) is 0 Å². The molecule has 43 heavy (non-hydrogen) atoms. The van der Waals surface area contributed by atoms with Crippen LogP contribution in [0.3, 0.4) is 0 Å². The average molecular weight is 629 g/mol. The molecule has 1 unspecified atom stereocenters. The lowest BCUT2D eigenvalue weighted by atomic mass is 10.0. The summed E-state index contributed by atoms with van der Waals surface area (Å²) in [6.07, 6.45) is 39.0. The van der Waals surface area contributed by atoms with Crippen LogP contribution < -0.4 is 0 Å². The Bertz CT molecular complexity index is 578. The number of unbranched alkanes of at least 4 members (excludes halogenated alkanes) is 25. The molecule has 0 aromatic heterocycles. The Morgan fingerprint density at radius 3 is 0.860 bits per heavy atom. The summed E-state index contributed by atoms with van der Waals surface area (Å²) in [5.41, 5.74) is 0. The van der Waals surface area contributed by atoms with Gasteiger partial charge in [-0.25, -0.2) is 0 Å². The molecule has 0 aromatic rings. The first-order chi connectivity index (χ1) is 21.1. The molecule has 0 aromatic carbocycles. The van der Waals surface area contributed by atoms with Gasteiger partial charge in [0.1, 0.15) is 0 Å². The number of carbonyl (C=O) groups is 2. The summed E-state index contributed by atoms with van der Waals surface area (Å²) in [5, 5.41) is 0.172. The molecule has 0 aliphatic heterocycles. The number of rotatable bonds is 34. The Hall–Kier alpha value is -0.710. The van der Waals surface area contributed by atoms with Gasteiger partial charge in [0.25, 0.3) is 0 Å². The van der Waals surface area contributed by atoms with Crippen LogP contribution in [0.2, 0.25) is 0 Å². The molecule has 0 saturated heterocycles. The molecule has 1 atom stereocenters. The van der Waals surface area contributed by atoms with E-state index in [-0.39, 0.29) is 17.2 Å². The molecule has 0 aliphatic rings. The first-order valence-corrected chi connectivity index (χ1v) is 20.5. The fourth-order valence-electron chi connectivity index (χ4n) is 5.82. The van der Waals surface area contributed by atoms with Crippen LogP contribution in [-0.2, 0) is 18.0 Å². The van der Waals surface area contributed by atoms with Gasteiger partial charge in [-0.3, -0.25) is 9.59 Å². The summed E-state index contributed by atoms with van der Waals surface area (Å²) >= 11 is -1.50. The first kappa shape index (κ1) is 42.3. The molecule has 0 N–H and O–H groups in total. The van der Waals surface area contributed by atoms with Crippen LogP contribution >= 0.6 is 11.5 Å². The summed E-state index contributed by atoms with van der Waals surface area (Å²) in [7, 11) is 0. The van der Waals surface area contributed by atoms with E-state index in [0.29, 0.717) is 12.8 Å². The van der Waals surface area contributed by atoms with Gasteiger partial charge in [0.2, 0.25) is 0 Å². The molecule has 0 radical (unpaired) electrons. The topological polar surface area (TPSA) is 52.6 Å². The molecular formula is C38H76O4S. The lowest BCUT2D eigenvalue weighted by Gasteiger charge is -2.32. The van der Waals surface area contributed by atoms with Crippen molar-refractivity contribution in [3.63, 3.8) is 0 Å². The molecule has 4 nitrogen and oxygen atoms in total. The van der Waals surface area contributed by atoms with Gasteiger partial charge in [-0.2, -0.15) is 0 Å². The summed E-state index contributed by atoms with van der Waals surface area (Å²) in [6, 6.07) is 0. The van der Waals surface area contributed by atoms with Crippen molar-refractivity contribution in [2.45, 2.75) is 232 Å². The maximum Gasteiger partial charge on any atom is 0.328 e. The zero-order valence-electron chi connectivity index (χ0n) is 29.6. The lowest BCUT2D eigenvalue weighted by Crippen LogP contribution is -2.18. The highest BCUT2D eigenvalue weighted by atomic mass is 32.2. The summed E-state index contributed by atoms with van der Waals surface area (Å²) in [5.74, 6) is -0.489. The predicted molar refractivity (Wildman–Crippen MR) is 191 cm³/mol. The molecule has 0 heterocycles. The maximum atomic E-state index is 12.2. The zero-order valence-corrected chi connectivity index (χ0v) is 30.5. The average Bonchev–Trinajstić information content (AvgIpc) is 3.01. The third kappa shape index (κ3) is 29.7. The van der Waals surface area contributed by atoms with Gasteiger partial charge in [0.05, 0.1) is 5.25 Å². The smallest absolute Gasteiger partial charge is 0.328 e. The van der Waals surface area contributed by atoms with E-state index in [1.165, 1.54) is 161 Å². The normalized spacial score (nSPS) is 12.3. The van der Waals surface area contributed by atoms with E-state index in [9.17, 15) is 9.59 Å². The standard InChI is InChI=1S/C38H76O4S/c1-5-9-11-13-15-17-19-21-22-23-25-27-29-31-33-35-36(43(41-37(39)7-3)42-38(40)8-4)34-32-30-28-26-24-20-18-16-14-12-10-6-2/h36,43H,5-35H2,1-4H3.